The lowest BCUT2D eigenvalue weighted by Gasteiger charge is -2.31. The molecule has 1 aliphatic heterocycles. The number of amides is 1. The van der Waals surface area contributed by atoms with E-state index in [0.717, 1.165) is 19.4 Å². The fourth-order valence-corrected chi connectivity index (χ4v) is 1.84. The molecule has 15 heavy (non-hydrogen) atoms. The Hall–Kier alpha value is -0.610. The molecule has 0 saturated carbocycles. The molecule has 1 amide bonds. The van der Waals surface area contributed by atoms with Gasteiger partial charge < -0.3 is 15.4 Å². The lowest BCUT2D eigenvalue weighted by atomic mass is 10.0. The Morgan fingerprint density at radius 1 is 1.67 bits per heavy atom. The van der Waals surface area contributed by atoms with Gasteiger partial charge >= 0.3 is 0 Å². The Morgan fingerprint density at radius 3 is 3.00 bits per heavy atom. The second-order valence-electron chi connectivity index (χ2n) is 4.10. The number of piperidine rings is 1. The van der Waals surface area contributed by atoms with Crippen molar-refractivity contribution in [1.82, 2.24) is 10.6 Å². The van der Waals surface area contributed by atoms with Crippen molar-refractivity contribution in [3.8, 4) is 0 Å². The molecule has 88 valence electrons. The summed E-state index contributed by atoms with van der Waals surface area (Å²) >= 11 is 0. The number of likely N-dealkylation sites (N-methyl/N-ethyl adjacent to an activating group) is 1. The van der Waals surface area contributed by atoms with Gasteiger partial charge in [-0.25, -0.2) is 0 Å². The summed E-state index contributed by atoms with van der Waals surface area (Å²) in [5, 5.41) is 6.12. The van der Waals surface area contributed by atoms with Crippen LogP contribution in [0.15, 0.2) is 0 Å². The zero-order valence-electron chi connectivity index (χ0n) is 9.88. The SMILES string of the molecule is CCNC(=O)C(C)OC1CCCNC1C. The third kappa shape index (κ3) is 3.80. The summed E-state index contributed by atoms with van der Waals surface area (Å²) in [5.41, 5.74) is 0. The highest BCUT2D eigenvalue weighted by Gasteiger charge is 2.25. The summed E-state index contributed by atoms with van der Waals surface area (Å²) in [6.45, 7) is 7.54. The van der Waals surface area contributed by atoms with Gasteiger partial charge in [0.2, 0.25) is 5.91 Å². The van der Waals surface area contributed by atoms with E-state index in [-0.39, 0.29) is 18.1 Å². The van der Waals surface area contributed by atoms with Crippen LogP contribution in [0.5, 0.6) is 0 Å². The molecule has 0 aromatic carbocycles. The molecule has 0 spiro atoms. The van der Waals surface area contributed by atoms with Gasteiger partial charge in [0.15, 0.2) is 0 Å². The summed E-state index contributed by atoms with van der Waals surface area (Å²) in [6.07, 6.45) is 1.98. The van der Waals surface area contributed by atoms with Crippen molar-refractivity contribution in [2.45, 2.75) is 51.9 Å². The molecule has 4 nitrogen and oxygen atoms in total. The molecule has 1 heterocycles. The van der Waals surface area contributed by atoms with Crippen molar-refractivity contribution < 1.29 is 9.53 Å². The van der Waals surface area contributed by atoms with Crippen LogP contribution in [0.1, 0.15) is 33.6 Å². The maximum absolute atomic E-state index is 11.5. The van der Waals surface area contributed by atoms with E-state index in [0.29, 0.717) is 12.6 Å². The highest BCUT2D eigenvalue weighted by atomic mass is 16.5. The largest absolute Gasteiger partial charge is 0.364 e. The topological polar surface area (TPSA) is 50.4 Å². The minimum atomic E-state index is -0.350. The Kier molecular flexibility index (Phi) is 5.05. The molecule has 3 atom stereocenters. The van der Waals surface area contributed by atoms with E-state index < -0.39 is 0 Å². The first kappa shape index (κ1) is 12.5. The molecule has 1 rings (SSSR count). The van der Waals surface area contributed by atoms with Crippen molar-refractivity contribution in [2.75, 3.05) is 13.1 Å². The van der Waals surface area contributed by atoms with E-state index in [1.54, 1.807) is 0 Å². The molecular weight excluding hydrogens is 192 g/mol. The van der Waals surface area contributed by atoms with Crippen molar-refractivity contribution in [1.29, 1.82) is 0 Å². The van der Waals surface area contributed by atoms with Crippen LogP contribution in [0.4, 0.5) is 0 Å². The first-order valence-corrected chi connectivity index (χ1v) is 5.81. The predicted octanol–water partition coefficient (Wildman–Crippen LogP) is 0.668. The van der Waals surface area contributed by atoms with Gasteiger partial charge in [-0.1, -0.05) is 0 Å². The van der Waals surface area contributed by atoms with Gasteiger partial charge in [0.25, 0.3) is 0 Å². The lowest BCUT2D eigenvalue weighted by molar-refractivity contribution is -0.137. The highest BCUT2D eigenvalue weighted by molar-refractivity contribution is 5.80. The summed E-state index contributed by atoms with van der Waals surface area (Å²) in [6, 6.07) is 0.343. The fourth-order valence-electron chi connectivity index (χ4n) is 1.84. The first-order valence-electron chi connectivity index (χ1n) is 5.81. The monoisotopic (exact) mass is 214 g/mol. The molecule has 2 N–H and O–H groups in total. The zero-order valence-corrected chi connectivity index (χ0v) is 9.88. The van der Waals surface area contributed by atoms with Crippen LogP contribution in [-0.2, 0) is 9.53 Å². The lowest BCUT2D eigenvalue weighted by Crippen LogP contribution is -2.47. The van der Waals surface area contributed by atoms with Gasteiger partial charge in [0.05, 0.1) is 6.10 Å². The van der Waals surface area contributed by atoms with Gasteiger partial charge in [-0.05, 0) is 40.2 Å². The summed E-state index contributed by atoms with van der Waals surface area (Å²) in [7, 11) is 0. The molecule has 0 aliphatic carbocycles. The maximum Gasteiger partial charge on any atom is 0.248 e. The second kappa shape index (κ2) is 6.08. The van der Waals surface area contributed by atoms with E-state index in [1.807, 2.05) is 13.8 Å². The minimum Gasteiger partial charge on any atom is -0.364 e. The molecule has 1 saturated heterocycles. The van der Waals surface area contributed by atoms with Crippen LogP contribution in [0.25, 0.3) is 0 Å². The van der Waals surface area contributed by atoms with Crippen molar-refractivity contribution in [2.24, 2.45) is 0 Å². The number of ether oxygens (including phenoxy) is 1. The molecule has 1 fully saturated rings. The minimum absolute atomic E-state index is 0.0183. The Morgan fingerprint density at radius 2 is 2.40 bits per heavy atom. The maximum atomic E-state index is 11.5. The molecule has 3 unspecified atom stereocenters. The summed E-state index contributed by atoms with van der Waals surface area (Å²) in [5.74, 6) is -0.0183. The number of hydrogen-bond donors (Lipinski definition) is 2. The zero-order chi connectivity index (χ0) is 11.3. The summed E-state index contributed by atoms with van der Waals surface area (Å²) < 4.78 is 5.74. The number of carbonyl (C=O) groups is 1. The number of hydrogen-bond acceptors (Lipinski definition) is 3. The van der Waals surface area contributed by atoms with E-state index in [1.165, 1.54) is 0 Å². The first-order chi connectivity index (χ1) is 7.15. The Balaban J connectivity index is 2.35. The van der Waals surface area contributed by atoms with Gasteiger partial charge in [0, 0.05) is 12.6 Å². The molecule has 0 aromatic rings. The van der Waals surface area contributed by atoms with Crippen molar-refractivity contribution in [3.63, 3.8) is 0 Å². The van der Waals surface area contributed by atoms with Gasteiger partial charge in [-0.2, -0.15) is 0 Å². The van der Waals surface area contributed by atoms with E-state index in [9.17, 15) is 4.79 Å². The van der Waals surface area contributed by atoms with Gasteiger partial charge in [-0.15, -0.1) is 0 Å². The standard InChI is InChI=1S/C11H22N2O2/c1-4-12-11(14)9(3)15-10-6-5-7-13-8(10)2/h8-10,13H,4-7H2,1-3H3,(H,12,14). The number of rotatable bonds is 4. The predicted molar refractivity (Wildman–Crippen MR) is 59.7 cm³/mol. The molecule has 4 heteroatoms. The second-order valence-corrected chi connectivity index (χ2v) is 4.10. The molecule has 1 aliphatic rings. The molecule has 0 bridgehead atoms. The molecule has 0 aromatic heterocycles. The molecule has 0 radical (unpaired) electrons. The molecular formula is C11H22N2O2. The highest BCUT2D eigenvalue weighted by Crippen LogP contribution is 2.14. The average molecular weight is 214 g/mol. The van der Waals surface area contributed by atoms with Crippen LogP contribution >= 0.6 is 0 Å². The van der Waals surface area contributed by atoms with Crippen LogP contribution in [-0.4, -0.2) is 37.2 Å². The normalized spacial score (nSPS) is 28.5. The average Bonchev–Trinajstić information content (AvgIpc) is 2.21. The Labute approximate surface area is 91.8 Å². The smallest absolute Gasteiger partial charge is 0.248 e. The van der Waals surface area contributed by atoms with Crippen molar-refractivity contribution >= 4 is 5.91 Å². The van der Waals surface area contributed by atoms with Crippen LogP contribution in [0.2, 0.25) is 0 Å². The van der Waals surface area contributed by atoms with Crippen LogP contribution in [0, 0.1) is 0 Å². The summed E-state index contributed by atoms with van der Waals surface area (Å²) in [4.78, 5) is 11.5. The fraction of sp³-hybridized carbons (Fsp3) is 0.909. The van der Waals surface area contributed by atoms with E-state index in [2.05, 4.69) is 17.6 Å². The Bertz CT molecular complexity index is 209. The van der Waals surface area contributed by atoms with E-state index >= 15 is 0 Å². The van der Waals surface area contributed by atoms with Crippen LogP contribution < -0.4 is 10.6 Å². The van der Waals surface area contributed by atoms with Crippen molar-refractivity contribution in [3.05, 3.63) is 0 Å². The third-order valence-electron chi connectivity index (χ3n) is 2.79. The quantitative estimate of drug-likeness (QED) is 0.723. The number of carbonyl (C=O) groups excluding carboxylic acids is 1. The van der Waals surface area contributed by atoms with Gasteiger partial charge in [-0.3, -0.25) is 4.79 Å². The van der Waals surface area contributed by atoms with Crippen LogP contribution in [0.3, 0.4) is 0 Å². The number of nitrogens with one attached hydrogen (secondary N) is 2. The van der Waals surface area contributed by atoms with Gasteiger partial charge in [0.1, 0.15) is 6.10 Å². The third-order valence-corrected chi connectivity index (χ3v) is 2.79. The van der Waals surface area contributed by atoms with E-state index in [4.69, 9.17) is 4.74 Å².